The summed E-state index contributed by atoms with van der Waals surface area (Å²) in [5.74, 6) is 1.44. The molecular weight excluding hydrogens is 312 g/mol. The molecule has 2 atom stereocenters. The third kappa shape index (κ3) is 2.95. The predicted octanol–water partition coefficient (Wildman–Crippen LogP) is 2.94. The Labute approximate surface area is 149 Å². The van der Waals surface area contributed by atoms with Crippen molar-refractivity contribution in [2.45, 2.75) is 57.7 Å². The van der Waals surface area contributed by atoms with Crippen molar-refractivity contribution < 1.29 is 4.79 Å². The van der Waals surface area contributed by atoms with Gasteiger partial charge < -0.3 is 9.47 Å². The van der Waals surface area contributed by atoms with Crippen molar-refractivity contribution in [1.29, 1.82) is 0 Å². The van der Waals surface area contributed by atoms with Crippen LogP contribution < -0.4 is 0 Å². The molecular formula is C20H28N4O. The average Bonchev–Trinajstić information content (AvgIpc) is 3.34. The lowest BCUT2D eigenvalue weighted by Crippen LogP contribution is -2.48. The summed E-state index contributed by atoms with van der Waals surface area (Å²) in [6, 6.07) is 9.21. The van der Waals surface area contributed by atoms with Crippen LogP contribution in [0.25, 0.3) is 11.0 Å². The summed E-state index contributed by atoms with van der Waals surface area (Å²) >= 11 is 0. The Morgan fingerprint density at radius 2 is 1.92 bits per heavy atom. The van der Waals surface area contributed by atoms with Crippen molar-refractivity contribution in [3.63, 3.8) is 0 Å². The maximum atomic E-state index is 12.3. The van der Waals surface area contributed by atoms with Gasteiger partial charge in [0, 0.05) is 32.1 Å². The Morgan fingerprint density at radius 3 is 2.72 bits per heavy atom. The van der Waals surface area contributed by atoms with Crippen LogP contribution in [0.5, 0.6) is 0 Å². The summed E-state index contributed by atoms with van der Waals surface area (Å²) in [4.78, 5) is 21.9. The maximum absolute atomic E-state index is 12.3. The van der Waals surface area contributed by atoms with Crippen LogP contribution in [0.4, 0.5) is 0 Å². The fraction of sp³-hybridized carbons (Fsp3) is 0.600. The Bertz CT molecular complexity index is 768. The van der Waals surface area contributed by atoms with Crippen LogP contribution in [0.15, 0.2) is 24.3 Å². The van der Waals surface area contributed by atoms with E-state index in [1.54, 1.807) is 0 Å². The number of amides is 1. The second-order valence-corrected chi connectivity index (χ2v) is 7.41. The standard InChI is InChI=1S/C20H28N4O/c1-3-20(25)24-13-7-11-18(24)17-10-6-12-23(17)14-19-21-15-8-4-5-9-16(15)22(19)2/h4-5,8-9,17-18H,3,6-7,10-14H2,1-2H3/t17-,18+/m0/s1. The fourth-order valence-corrected chi connectivity index (χ4v) is 4.71. The number of fused-ring (bicyclic) bond motifs is 1. The van der Waals surface area contributed by atoms with E-state index in [1.165, 1.54) is 18.4 Å². The number of likely N-dealkylation sites (tertiary alicyclic amines) is 2. The molecule has 2 aliphatic heterocycles. The van der Waals surface area contributed by atoms with E-state index < -0.39 is 0 Å². The first-order valence-electron chi connectivity index (χ1n) is 9.63. The van der Waals surface area contributed by atoms with E-state index >= 15 is 0 Å². The van der Waals surface area contributed by atoms with Gasteiger partial charge in [-0.05, 0) is 44.4 Å². The van der Waals surface area contributed by atoms with E-state index in [0.29, 0.717) is 24.4 Å². The van der Waals surface area contributed by atoms with Crippen LogP contribution in [0.1, 0.15) is 44.9 Å². The van der Waals surface area contributed by atoms with Crippen molar-refractivity contribution >= 4 is 16.9 Å². The number of benzene rings is 1. The third-order valence-corrected chi connectivity index (χ3v) is 6.00. The number of nitrogens with zero attached hydrogens (tertiary/aromatic N) is 4. The average molecular weight is 340 g/mol. The van der Waals surface area contributed by atoms with Gasteiger partial charge in [0.05, 0.1) is 17.6 Å². The summed E-state index contributed by atoms with van der Waals surface area (Å²) < 4.78 is 2.22. The molecule has 2 saturated heterocycles. The normalized spacial score (nSPS) is 24.5. The highest BCUT2D eigenvalue weighted by Gasteiger charge is 2.39. The van der Waals surface area contributed by atoms with Crippen LogP contribution >= 0.6 is 0 Å². The minimum absolute atomic E-state index is 0.317. The first kappa shape index (κ1) is 16.6. The molecule has 2 aromatic rings. The lowest BCUT2D eigenvalue weighted by Gasteiger charge is -2.34. The Hall–Kier alpha value is -1.88. The van der Waals surface area contributed by atoms with Crippen LogP contribution in [0.3, 0.4) is 0 Å². The second kappa shape index (κ2) is 6.79. The van der Waals surface area contributed by atoms with Gasteiger partial charge in [-0.2, -0.15) is 0 Å². The molecule has 25 heavy (non-hydrogen) atoms. The van der Waals surface area contributed by atoms with Gasteiger partial charge in [-0.3, -0.25) is 9.69 Å². The van der Waals surface area contributed by atoms with Gasteiger partial charge in [-0.15, -0.1) is 0 Å². The molecule has 2 aliphatic rings. The smallest absolute Gasteiger partial charge is 0.222 e. The maximum Gasteiger partial charge on any atom is 0.222 e. The van der Waals surface area contributed by atoms with Gasteiger partial charge in [0.15, 0.2) is 0 Å². The molecule has 5 heteroatoms. The van der Waals surface area contributed by atoms with Crippen LogP contribution in [0.2, 0.25) is 0 Å². The molecule has 0 aliphatic carbocycles. The lowest BCUT2D eigenvalue weighted by atomic mass is 10.0. The number of hydrogen-bond acceptors (Lipinski definition) is 3. The van der Waals surface area contributed by atoms with E-state index in [0.717, 1.165) is 43.8 Å². The largest absolute Gasteiger partial charge is 0.338 e. The molecule has 0 bridgehead atoms. The van der Waals surface area contributed by atoms with Gasteiger partial charge >= 0.3 is 0 Å². The molecule has 1 aromatic carbocycles. The molecule has 134 valence electrons. The van der Waals surface area contributed by atoms with Gasteiger partial charge in [-0.25, -0.2) is 4.98 Å². The number of aromatic nitrogens is 2. The summed E-state index contributed by atoms with van der Waals surface area (Å²) in [6.45, 7) is 4.90. The quantitative estimate of drug-likeness (QED) is 0.859. The van der Waals surface area contributed by atoms with Gasteiger partial charge in [0.2, 0.25) is 5.91 Å². The lowest BCUT2D eigenvalue weighted by molar-refractivity contribution is -0.132. The summed E-state index contributed by atoms with van der Waals surface area (Å²) in [6.07, 6.45) is 5.33. The van der Waals surface area contributed by atoms with Crippen LogP contribution in [-0.2, 0) is 18.4 Å². The van der Waals surface area contributed by atoms with Crippen LogP contribution in [0, 0.1) is 0 Å². The summed E-state index contributed by atoms with van der Waals surface area (Å²) in [5.41, 5.74) is 2.26. The second-order valence-electron chi connectivity index (χ2n) is 7.41. The number of imidazole rings is 1. The van der Waals surface area contributed by atoms with Crippen LogP contribution in [-0.4, -0.2) is 50.4 Å². The third-order valence-electron chi connectivity index (χ3n) is 6.00. The Balaban J connectivity index is 1.55. The van der Waals surface area contributed by atoms with Crippen molar-refractivity contribution in [1.82, 2.24) is 19.4 Å². The highest BCUT2D eigenvalue weighted by Crippen LogP contribution is 2.31. The molecule has 1 aromatic heterocycles. The molecule has 2 fully saturated rings. The summed E-state index contributed by atoms with van der Waals surface area (Å²) in [7, 11) is 2.11. The molecule has 5 nitrogen and oxygen atoms in total. The first-order valence-corrected chi connectivity index (χ1v) is 9.63. The minimum atomic E-state index is 0.317. The molecule has 0 spiro atoms. The molecule has 0 saturated carbocycles. The zero-order valence-electron chi connectivity index (χ0n) is 15.3. The molecule has 0 N–H and O–H groups in total. The van der Waals surface area contributed by atoms with Crippen molar-refractivity contribution in [2.24, 2.45) is 7.05 Å². The molecule has 0 radical (unpaired) electrons. The van der Waals surface area contributed by atoms with Crippen molar-refractivity contribution in [3.05, 3.63) is 30.1 Å². The molecule has 0 unspecified atom stereocenters. The van der Waals surface area contributed by atoms with E-state index in [-0.39, 0.29) is 0 Å². The number of rotatable bonds is 4. The SMILES string of the molecule is CCC(=O)N1CCC[C@@H]1[C@@H]1CCCN1Cc1nc2ccccc2n1C. The number of para-hydroxylation sites is 2. The number of hydrogen-bond donors (Lipinski definition) is 0. The predicted molar refractivity (Wildman–Crippen MR) is 99.2 cm³/mol. The van der Waals surface area contributed by atoms with Gasteiger partial charge in [0.25, 0.3) is 0 Å². The number of carbonyl (C=O) groups is 1. The van der Waals surface area contributed by atoms with Gasteiger partial charge in [0.1, 0.15) is 5.82 Å². The van der Waals surface area contributed by atoms with E-state index in [4.69, 9.17) is 4.98 Å². The monoisotopic (exact) mass is 340 g/mol. The molecule has 1 amide bonds. The molecule has 4 rings (SSSR count). The molecule has 3 heterocycles. The van der Waals surface area contributed by atoms with E-state index in [9.17, 15) is 4.79 Å². The van der Waals surface area contributed by atoms with Crippen molar-refractivity contribution in [2.75, 3.05) is 13.1 Å². The highest BCUT2D eigenvalue weighted by atomic mass is 16.2. The van der Waals surface area contributed by atoms with Crippen molar-refractivity contribution in [3.8, 4) is 0 Å². The zero-order chi connectivity index (χ0) is 17.4. The Morgan fingerprint density at radius 1 is 1.16 bits per heavy atom. The Kier molecular flexibility index (Phi) is 4.50. The fourth-order valence-electron chi connectivity index (χ4n) is 4.71. The topological polar surface area (TPSA) is 41.4 Å². The zero-order valence-corrected chi connectivity index (χ0v) is 15.3. The van der Waals surface area contributed by atoms with E-state index in [2.05, 4.69) is 39.6 Å². The highest BCUT2D eigenvalue weighted by molar-refractivity contribution is 5.76. The first-order chi connectivity index (χ1) is 12.2. The summed E-state index contributed by atoms with van der Waals surface area (Å²) in [5, 5.41) is 0. The van der Waals surface area contributed by atoms with E-state index in [1.807, 2.05) is 13.0 Å². The number of aryl methyl sites for hydroxylation is 1. The number of carbonyl (C=O) groups excluding carboxylic acids is 1. The van der Waals surface area contributed by atoms with Gasteiger partial charge in [-0.1, -0.05) is 19.1 Å². The minimum Gasteiger partial charge on any atom is -0.338 e.